The van der Waals surface area contributed by atoms with Crippen molar-refractivity contribution in [2.24, 2.45) is 0 Å². The SMILES string of the molecule is CN(Cc1nc2ccccc2s1)C(=O)CN1CCSc2ccccc21. The van der Waals surface area contributed by atoms with E-state index in [0.29, 0.717) is 13.1 Å². The van der Waals surface area contributed by atoms with Crippen LogP contribution in [-0.4, -0.2) is 41.7 Å². The van der Waals surface area contributed by atoms with Crippen LogP contribution in [0.2, 0.25) is 0 Å². The van der Waals surface area contributed by atoms with Gasteiger partial charge in [-0.2, -0.15) is 0 Å². The van der Waals surface area contributed by atoms with Gasteiger partial charge in [-0.3, -0.25) is 4.79 Å². The van der Waals surface area contributed by atoms with Crippen LogP contribution >= 0.6 is 23.1 Å². The van der Waals surface area contributed by atoms with Crippen molar-refractivity contribution < 1.29 is 4.79 Å². The van der Waals surface area contributed by atoms with Crippen LogP contribution < -0.4 is 4.90 Å². The maximum absolute atomic E-state index is 12.7. The van der Waals surface area contributed by atoms with Crippen molar-refractivity contribution in [1.29, 1.82) is 0 Å². The van der Waals surface area contributed by atoms with E-state index < -0.39 is 0 Å². The summed E-state index contributed by atoms with van der Waals surface area (Å²) >= 11 is 3.51. The minimum absolute atomic E-state index is 0.126. The highest BCUT2D eigenvalue weighted by atomic mass is 32.2. The molecule has 3 aromatic rings. The van der Waals surface area contributed by atoms with Crippen molar-refractivity contribution in [2.75, 3.05) is 30.8 Å². The monoisotopic (exact) mass is 369 g/mol. The molecule has 6 heteroatoms. The van der Waals surface area contributed by atoms with Gasteiger partial charge in [-0.1, -0.05) is 24.3 Å². The van der Waals surface area contributed by atoms with E-state index in [4.69, 9.17) is 0 Å². The van der Waals surface area contributed by atoms with Gasteiger partial charge in [-0.15, -0.1) is 23.1 Å². The number of rotatable bonds is 4. The average molecular weight is 370 g/mol. The fourth-order valence-electron chi connectivity index (χ4n) is 2.95. The highest BCUT2D eigenvalue weighted by molar-refractivity contribution is 7.99. The van der Waals surface area contributed by atoms with Crippen LogP contribution in [0.4, 0.5) is 5.69 Å². The first-order chi connectivity index (χ1) is 12.2. The number of fused-ring (bicyclic) bond motifs is 2. The summed E-state index contributed by atoms with van der Waals surface area (Å²) in [6, 6.07) is 16.4. The van der Waals surface area contributed by atoms with E-state index in [1.54, 1.807) is 16.2 Å². The summed E-state index contributed by atoms with van der Waals surface area (Å²) in [5.41, 5.74) is 2.17. The molecule has 0 N–H and O–H groups in total. The maximum atomic E-state index is 12.7. The molecule has 0 spiro atoms. The van der Waals surface area contributed by atoms with Crippen LogP contribution in [-0.2, 0) is 11.3 Å². The molecule has 0 radical (unpaired) electrons. The van der Waals surface area contributed by atoms with Gasteiger partial charge in [0.25, 0.3) is 0 Å². The molecule has 4 nitrogen and oxygen atoms in total. The van der Waals surface area contributed by atoms with E-state index in [9.17, 15) is 4.79 Å². The minimum atomic E-state index is 0.126. The molecule has 1 aliphatic rings. The predicted octanol–water partition coefficient (Wildman–Crippen LogP) is 3.87. The molecule has 25 heavy (non-hydrogen) atoms. The van der Waals surface area contributed by atoms with Crippen molar-refractivity contribution in [2.45, 2.75) is 11.4 Å². The first-order valence-electron chi connectivity index (χ1n) is 8.26. The van der Waals surface area contributed by atoms with E-state index in [1.807, 2.05) is 43.1 Å². The Morgan fingerprint density at radius 3 is 2.88 bits per heavy atom. The van der Waals surface area contributed by atoms with Crippen LogP contribution in [0.1, 0.15) is 5.01 Å². The Balaban J connectivity index is 1.44. The van der Waals surface area contributed by atoms with Gasteiger partial charge in [0, 0.05) is 24.2 Å². The molecular formula is C19H19N3OS2. The topological polar surface area (TPSA) is 36.4 Å². The molecule has 1 aliphatic heterocycles. The quantitative estimate of drug-likeness (QED) is 0.700. The fourth-order valence-corrected chi connectivity index (χ4v) is 5.03. The van der Waals surface area contributed by atoms with Gasteiger partial charge in [-0.05, 0) is 24.3 Å². The number of carbonyl (C=O) groups excluding carboxylic acids is 1. The van der Waals surface area contributed by atoms with Gasteiger partial charge in [0.2, 0.25) is 5.91 Å². The number of amides is 1. The number of benzene rings is 2. The first kappa shape index (κ1) is 16.4. The number of hydrogen-bond donors (Lipinski definition) is 0. The smallest absolute Gasteiger partial charge is 0.242 e. The van der Waals surface area contributed by atoms with Crippen molar-refractivity contribution in [3.05, 3.63) is 53.5 Å². The van der Waals surface area contributed by atoms with E-state index in [-0.39, 0.29) is 5.91 Å². The average Bonchev–Trinajstić information content (AvgIpc) is 3.04. The highest BCUT2D eigenvalue weighted by Crippen LogP contribution is 2.34. The number of hydrogen-bond acceptors (Lipinski definition) is 5. The minimum Gasteiger partial charge on any atom is -0.360 e. The maximum Gasteiger partial charge on any atom is 0.242 e. The summed E-state index contributed by atoms with van der Waals surface area (Å²) in [6.45, 7) is 1.88. The molecule has 0 saturated heterocycles. The lowest BCUT2D eigenvalue weighted by Crippen LogP contribution is -2.40. The Bertz CT molecular complexity index is 875. The van der Waals surface area contributed by atoms with Gasteiger partial charge in [0.05, 0.1) is 29.0 Å². The number of likely N-dealkylation sites (N-methyl/N-ethyl adjacent to an activating group) is 1. The molecule has 0 aliphatic carbocycles. The molecule has 0 unspecified atom stereocenters. The second-order valence-electron chi connectivity index (χ2n) is 6.06. The zero-order valence-corrected chi connectivity index (χ0v) is 15.6. The number of para-hydroxylation sites is 2. The van der Waals surface area contributed by atoms with Crippen molar-refractivity contribution in [3.8, 4) is 0 Å². The summed E-state index contributed by atoms with van der Waals surface area (Å²) in [5, 5.41) is 0.978. The number of nitrogens with zero attached hydrogens (tertiary/aromatic N) is 3. The Morgan fingerprint density at radius 1 is 1.20 bits per heavy atom. The molecule has 4 rings (SSSR count). The number of anilines is 1. The van der Waals surface area contributed by atoms with Crippen LogP contribution in [0.5, 0.6) is 0 Å². The summed E-state index contributed by atoms with van der Waals surface area (Å²) in [5.74, 6) is 1.15. The number of aromatic nitrogens is 1. The number of carbonyl (C=O) groups is 1. The van der Waals surface area contributed by atoms with Gasteiger partial charge >= 0.3 is 0 Å². The predicted molar refractivity (Wildman–Crippen MR) is 105 cm³/mol. The number of thioether (sulfide) groups is 1. The molecule has 0 atom stereocenters. The van der Waals surface area contributed by atoms with Crippen LogP contribution in [0.25, 0.3) is 10.2 Å². The molecule has 0 saturated carbocycles. The zero-order chi connectivity index (χ0) is 17.2. The number of thiazole rings is 1. The molecular weight excluding hydrogens is 350 g/mol. The fraction of sp³-hybridized carbons (Fsp3) is 0.263. The lowest BCUT2D eigenvalue weighted by atomic mass is 10.2. The molecule has 1 aromatic heterocycles. The van der Waals surface area contributed by atoms with Crippen molar-refractivity contribution >= 4 is 44.9 Å². The normalized spacial score (nSPS) is 13.7. The van der Waals surface area contributed by atoms with E-state index in [2.05, 4.69) is 34.1 Å². The zero-order valence-electron chi connectivity index (χ0n) is 14.0. The third kappa shape index (κ3) is 3.50. The van der Waals surface area contributed by atoms with Crippen LogP contribution in [0.15, 0.2) is 53.4 Å². The van der Waals surface area contributed by atoms with Gasteiger partial charge in [-0.25, -0.2) is 4.98 Å². The Morgan fingerprint density at radius 2 is 2.00 bits per heavy atom. The van der Waals surface area contributed by atoms with Crippen LogP contribution in [0.3, 0.4) is 0 Å². The Hall–Kier alpha value is -2.05. The summed E-state index contributed by atoms with van der Waals surface area (Å²) in [6.07, 6.45) is 0. The second kappa shape index (κ2) is 7.06. The standard InChI is InChI=1S/C19H19N3OS2/c1-21(12-18-20-14-6-2-4-8-16(14)25-18)19(23)13-22-10-11-24-17-9-5-3-7-15(17)22/h2-9H,10-13H2,1H3. The molecule has 2 heterocycles. The molecule has 0 fully saturated rings. The lowest BCUT2D eigenvalue weighted by molar-refractivity contribution is -0.128. The molecule has 0 bridgehead atoms. The highest BCUT2D eigenvalue weighted by Gasteiger charge is 2.21. The Kier molecular flexibility index (Phi) is 4.63. The second-order valence-corrected chi connectivity index (χ2v) is 8.31. The Labute approximate surface area is 155 Å². The van der Waals surface area contributed by atoms with Gasteiger partial charge in [0.15, 0.2) is 0 Å². The summed E-state index contributed by atoms with van der Waals surface area (Å²) in [4.78, 5) is 22.5. The molecule has 1 amide bonds. The largest absolute Gasteiger partial charge is 0.360 e. The van der Waals surface area contributed by atoms with E-state index in [0.717, 1.165) is 22.8 Å². The van der Waals surface area contributed by atoms with Crippen molar-refractivity contribution in [1.82, 2.24) is 9.88 Å². The van der Waals surface area contributed by atoms with Crippen molar-refractivity contribution in [3.63, 3.8) is 0 Å². The molecule has 128 valence electrons. The summed E-state index contributed by atoms with van der Waals surface area (Å²) in [7, 11) is 1.86. The lowest BCUT2D eigenvalue weighted by Gasteiger charge is -2.31. The van der Waals surface area contributed by atoms with E-state index >= 15 is 0 Å². The third-order valence-electron chi connectivity index (χ3n) is 4.29. The third-order valence-corrected chi connectivity index (χ3v) is 6.35. The van der Waals surface area contributed by atoms with Gasteiger partial charge in [0.1, 0.15) is 5.01 Å². The van der Waals surface area contributed by atoms with E-state index in [1.165, 1.54) is 15.3 Å². The van der Waals surface area contributed by atoms with Crippen LogP contribution in [0, 0.1) is 0 Å². The summed E-state index contributed by atoms with van der Waals surface area (Å²) < 4.78 is 1.17. The molecule has 2 aromatic carbocycles. The van der Waals surface area contributed by atoms with Gasteiger partial charge < -0.3 is 9.80 Å². The first-order valence-corrected chi connectivity index (χ1v) is 10.1.